The lowest BCUT2D eigenvalue weighted by atomic mass is 10.2. The SMILES string of the molecule is C[Si](C)(C)N[C@@H](CC(=O)OCc1ccccc1)C(=O)OCc1ccccc1. The van der Waals surface area contributed by atoms with Gasteiger partial charge in [-0.2, -0.15) is 0 Å². The molecule has 0 saturated carbocycles. The fourth-order valence-corrected chi connectivity index (χ4v) is 3.77. The van der Waals surface area contributed by atoms with Crippen molar-refractivity contribution in [1.29, 1.82) is 0 Å². The molecule has 0 heterocycles. The van der Waals surface area contributed by atoms with Crippen LogP contribution in [-0.4, -0.2) is 26.2 Å². The van der Waals surface area contributed by atoms with E-state index in [2.05, 4.69) is 24.6 Å². The zero-order valence-corrected chi connectivity index (χ0v) is 17.1. The van der Waals surface area contributed by atoms with E-state index < -0.39 is 26.2 Å². The van der Waals surface area contributed by atoms with Gasteiger partial charge in [0.15, 0.2) is 0 Å². The lowest BCUT2D eigenvalue weighted by molar-refractivity contribution is -0.153. The Labute approximate surface area is 161 Å². The number of nitrogens with one attached hydrogen (secondary N) is 1. The van der Waals surface area contributed by atoms with Crippen molar-refractivity contribution in [3.63, 3.8) is 0 Å². The minimum absolute atomic E-state index is 0.0509. The van der Waals surface area contributed by atoms with Crippen LogP contribution in [0.15, 0.2) is 60.7 Å². The molecule has 144 valence electrons. The van der Waals surface area contributed by atoms with Crippen molar-refractivity contribution in [2.45, 2.75) is 45.3 Å². The van der Waals surface area contributed by atoms with E-state index in [-0.39, 0.29) is 19.6 Å². The summed E-state index contributed by atoms with van der Waals surface area (Å²) in [7, 11) is -1.80. The van der Waals surface area contributed by atoms with E-state index in [0.717, 1.165) is 11.1 Å². The highest BCUT2D eigenvalue weighted by Gasteiger charge is 2.29. The first-order chi connectivity index (χ1) is 12.8. The van der Waals surface area contributed by atoms with Crippen LogP contribution in [0, 0.1) is 0 Å². The van der Waals surface area contributed by atoms with Gasteiger partial charge in [0.05, 0.1) is 6.42 Å². The standard InChI is InChI=1S/C21H27NO4Si/c1-27(2,3)22-19(21(24)26-16-18-12-8-5-9-13-18)14-20(23)25-15-17-10-6-4-7-11-17/h4-13,19,22H,14-16H2,1-3H3/t19-/m0/s1. The maximum absolute atomic E-state index is 12.5. The zero-order chi connectivity index (χ0) is 19.7. The molecule has 0 aliphatic carbocycles. The molecule has 6 heteroatoms. The fourth-order valence-electron chi connectivity index (χ4n) is 2.51. The van der Waals surface area contributed by atoms with E-state index in [1.165, 1.54) is 0 Å². The molecule has 5 nitrogen and oxygen atoms in total. The van der Waals surface area contributed by atoms with E-state index in [1.807, 2.05) is 60.7 Å². The molecule has 0 unspecified atom stereocenters. The summed E-state index contributed by atoms with van der Waals surface area (Å²) >= 11 is 0. The Kier molecular flexibility index (Phi) is 7.76. The van der Waals surface area contributed by atoms with Crippen molar-refractivity contribution >= 4 is 20.2 Å². The third kappa shape index (κ3) is 8.19. The number of hydrogen-bond acceptors (Lipinski definition) is 5. The topological polar surface area (TPSA) is 64.6 Å². The second-order valence-electron chi connectivity index (χ2n) is 7.39. The Balaban J connectivity index is 1.91. The second-order valence-corrected chi connectivity index (χ2v) is 12.2. The lowest BCUT2D eigenvalue weighted by Gasteiger charge is -2.25. The smallest absolute Gasteiger partial charge is 0.323 e. The minimum atomic E-state index is -1.80. The summed E-state index contributed by atoms with van der Waals surface area (Å²) in [6.45, 7) is 6.58. The summed E-state index contributed by atoms with van der Waals surface area (Å²) < 4.78 is 10.7. The Morgan fingerprint density at radius 3 is 1.81 bits per heavy atom. The Morgan fingerprint density at radius 2 is 1.33 bits per heavy atom. The molecule has 2 aromatic rings. The molecule has 2 rings (SSSR count). The average Bonchev–Trinajstić information content (AvgIpc) is 2.64. The molecule has 0 fully saturated rings. The first-order valence-electron chi connectivity index (χ1n) is 9.01. The van der Waals surface area contributed by atoms with E-state index in [1.54, 1.807) is 0 Å². The fraction of sp³-hybridized carbons (Fsp3) is 0.333. The number of carbonyl (C=O) groups excluding carboxylic acids is 2. The number of carbonyl (C=O) groups is 2. The molecular weight excluding hydrogens is 358 g/mol. The maximum atomic E-state index is 12.5. The van der Waals surface area contributed by atoms with Crippen LogP contribution in [-0.2, 0) is 32.3 Å². The molecule has 0 saturated heterocycles. The summed E-state index contributed by atoms with van der Waals surface area (Å²) in [5.41, 5.74) is 1.82. The van der Waals surface area contributed by atoms with Crippen molar-refractivity contribution in [1.82, 2.24) is 4.98 Å². The number of ether oxygens (including phenoxy) is 2. The maximum Gasteiger partial charge on any atom is 0.323 e. The average molecular weight is 386 g/mol. The highest BCUT2D eigenvalue weighted by atomic mass is 28.3. The normalized spacial score (nSPS) is 12.3. The number of esters is 2. The van der Waals surface area contributed by atoms with E-state index in [4.69, 9.17) is 9.47 Å². The summed E-state index contributed by atoms with van der Waals surface area (Å²) in [4.78, 5) is 28.1. The second kappa shape index (κ2) is 10.0. The minimum Gasteiger partial charge on any atom is -0.461 e. The molecule has 0 aliphatic heterocycles. The summed E-state index contributed by atoms with van der Waals surface area (Å²) in [5.74, 6) is -0.857. The van der Waals surface area contributed by atoms with E-state index in [9.17, 15) is 9.59 Å². The van der Waals surface area contributed by atoms with Crippen molar-refractivity contribution in [2.24, 2.45) is 0 Å². The predicted molar refractivity (Wildman–Crippen MR) is 107 cm³/mol. The molecule has 27 heavy (non-hydrogen) atoms. The quantitative estimate of drug-likeness (QED) is 0.527. The van der Waals surface area contributed by atoms with Crippen LogP contribution in [0.1, 0.15) is 17.5 Å². The molecule has 1 N–H and O–H groups in total. The number of benzene rings is 2. The first kappa shape index (κ1) is 20.9. The largest absolute Gasteiger partial charge is 0.461 e. The van der Waals surface area contributed by atoms with Crippen LogP contribution in [0.4, 0.5) is 0 Å². The van der Waals surface area contributed by atoms with Gasteiger partial charge in [0, 0.05) is 0 Å². The monoisotopic (exact) mass is 385 g/mol. The molecule has 0 bridgehead atoms. The summed E-state index contributed by atoms with van der Waals surface area (Å²) in [6, 6.07) is 18.2. The number of hydrogen-bond donors (Lipinski definition) is 1. The van der Waals surface area contributed by atoms with Crippen molar-refractivity contribution in [3.8, 4) is 0 Å². The molecule has 0 spiro atoms. The van der Waals surface area contributed by atoms with Crippen LogP contribution in [0.5, 0.6) is 0 Å². The van der Waals surface area contributed by atoms with Crippen molar-refractivity contribution in [2.75, 3.05) is 0 Å². The number of rotatable bonds is 9. The van der Waals surface area contributed by atoms with Crippen LogP contribution >= 0.6 is 0 Å². The van der Waals surface area contributed by atoms with Gasteiger partial charge < -0.3 is 14.5 Å². The molecule has 2 aromatic carbocycles. The van der Waals surface area contributed by atoms with E-state index >= 15 is 0 Å². The van der Waals surface area contributed by atoms with Gasteiger partial charge in [-0.15, -0.1) is 0 Å². The predicted octanol–water partition coefficient (Wildman–Crippen LogP) is 3.66. The van der Waals surface area contributed by atoms with Gasteiger partial charge in [0.1, 0.15) is 27.5 Å². The van der Waals surface area contributed by atoms with Crippen LogP contribution in [0.2, 0.25) is 19.6 Å². The zero-order valence-electron chi connectivity index (χ0n) is 16.1. The van der Waals surface area contributed by atoms with Gasteiger partial charge in [0.2, 0.25) is 0 Å². The van der Waals surface area contributed by atoms with E-state index in [0.29, 0.717) is 0 Å². The first-order valence-corrected chi connectivity index (χ1v) is 12.5. The Hall–Kier alpha value is -2.44. The highest BCUT2D eigenvalue weighted by molar-refractivity contribution is 6.73. The molecule has 1 atom stereocenters. The van der Waals surface area contributed by atoms with Gasteiger partial charge in [-0.1, -0.05) is 80.3 Å². The molecule has 0 aliphatic rings. The third-order valence-electron chi connectivity index (χ3n) is 3.73. The molecule has 0 radical (unpaired) electrons. The van der Waals surface area contributed by atoms with Crippen LogP contribution < -0.4 is 4.98 Å². The molecular formula is C21H27NO4Si. The highest BCUT2D eigenvalue weighted by Crippen LogP contribution is 2.09. The third-order valence-corrected chi connectivity index (χ3v) is 4.94. The van der Waals surface area contributed by atoms with Gasteiger partial charge in [-0.05, 0) is 11.1 Å². The van der Waals surface area contributed by atoms with Gasteiger partial charge in [0.25, 0.3) is 0 Å². The Bertz CT molecular complexity index is 729. The molecule has 0 aromatic heterocycles. The van der Waals surface area contributed by atoms with Crippen molar-refractivity contribution in [3.05, 3.63) is 71.8 Å². The van der Waals surface area contributed by atoms with Gasteiger partial charge in [-0.3, -0.25) is 9.59 Å². The van der Waals surface area contributed by atoms with Crippen LogP contribution in [0.3, 0.4) is 0 Å². The summed E-state index contributed by atoms with van der Waals surface area (Å²) in [5, 5.41) is 0. The summed E-state index contributed by atoms with van der Waals surface area (Å²) in [6.07, 6.45) is -0.0509. The van der Waals surface area contributed by atoms with Crippen molar-refractivity contribution < 1.29 is 19.1 Å². The Morgan fingerprint density at radius 1 is 0.852 bits per heavy atom. The van der Waals surface area contributed by atoms with Crippen LogP contribution in [0.25, 0.3) is 0 Å². The van der Waals surface area contributed by atoms with Gasteiger partial charge in [-0.25, -0.2) is 0 Å². The van der Waals surface area contributed by atoms with Gasteiger partial charge >= 0.3 is 11.9 Å². The lowest BCUT2D eigenvalue weighted by Crippen LogP contribution is -2.52. The molecule has 0 amide bonds.